The summed E-state index contributed by atoms with van der Waals surface area (Å²) in [5.74, 6) is 0.124. The number of pyridine rings is 1. The maximum Gasteiger partial charge on any atom is 0.325 e. The molecule has 2 aromatic rings. The normalized spacial score (nSPS) is 21.2. The third-order valence-electron chi connectivity index (χ3n) is 7.50. The number of likely N-dealkylation sites (tertiary alicyclic amines) is 1. The average Bonchev–Trinajstić information content (AvgIpc) is 3.55. The van der Waals surface area contributed by atoms with E-state index in [1.54, 1.807) is 6.20 Å². The lowest BCUT2D eigenvalue weighted by Gasteiger charge is -2.25. The fraction of sp³-hybridized carbons (Fsp3) is 0.630. The number of rotatable bonds is 11. The first kappa shape index (κ1) is 23.2. The Labute approximate surface area is 202 Å². The number of aliphatic carboxylic acids is 1. The second kappa shape index (κ2) is 10.8. The molecule has 2 fully saturated rings. The fourth-order valence-corrected chi connectivity index (χ4v) is 5.46. The lowest BCUT2D eigenvalue weighted by Crippen LogP contribution is -2.33. The Morgan fingerprint density at radius 3 is 2.88 bits per heavy atom. The molecule has 1 saturated heterocycles. The number of aromatic nitrogens is 3. The van der Waals surface area contributed by atoms with Crippen molar-refractivity contribution in [2.45, 2.75) is 89.2 Å². The van der Waals surface area contributed by atoms with Gasteiger partial charge in [-0.15, -0.1) is 0 Å². The number of carboxylic acid groups (broad SMARTS) is 1. The highest BCUT2D eigenvalue weighted by molar-refractivity contribution is 5.76. The number of ether oxygens (including phenoxy) is 1. The van der Waals surface area contributed by atoms with Gasteiger partial charge < -0.3 is 9.84 Å². The first-order chi connectivity index (χ1) is 16.7. The molecule has 34 heavy (non-hydrogen) atoms. The Hall–Kier alpha value is -2.54. The van der Waals surface area contributed by atoms with E-state index in [1.165, 1.54) is 61.8 Å². The number of carboxylic acids is 1. The van der Waals surface area contributed by atoms with Gasteiger partial charge in [-0.1, -0.05) is 18.9 Å². The summed E-state index contributed by atoms with van der Waals surface area (Å²) in [6.45, 7) is 1.60. The van der Waals surface area contributed by atoms with Crippen LogP contribution in [0.4, 0.5) is 0 Å². The van der Waals surface area contributed by atoms with Gasteiger partial charge in [-0.3, -0.25) is 14.7 Å². The Morgan fingerprint density at radius 1 is 1.15 bits per heavy atom. The van der Waals surface area contributed by atoms with Gasteiger partial charge in [0.1, 0.15) is 18.5 Å². The van der Waals surface area contributed by atoms with Crippen molar-refractivity contribution in [3.05, 3.63) is 47.2 Å². The molecular formula is C27H36N4O3. The minimum atomic E-state index is -0.853. The highest BCUT2D eigenvalue weighted by Gasteiger charge is 2.37. The van der Waals surface area contributed by atoms with Crippen LogP contribution in [0.1, 0.15) is 86.3 Å². The highest BCUT2D eigenvalue weighted by atomic mass is 16.5. The zero-order valence-corrected chi connectivity index (χ0v) is 20.0. The van der Waals surface area contributed by atoms with E-state index in [2.05, 4.69) is 27.0 Å². The van der Waals surface area contributed by atoms with Gasteiger partial charge in [0.15, 0.2) is 0 Å². The van der Waals surface area contributed by atoms with Gasteiger partial charge in [-0.05, 0) is 88.3 Å². The number of hydrogen-bond acceptors (Lipinski definition) is 6. The topological polar surface area (TPSA) is 88.4 Å². The third-order valence-corrected chi connectivity index (χ3v) is 7.50. The molecule has 1 unspecified atom stereocenters. The van der Waals surface area contributed by atoms with Crippen LogP contribution in [0, 0.1) is 5.92 Å². The van der Waals surface area contributed by atoms with Gasteiger partial charge in [0.25, 0.3) is 0 Å². The molecule has 5 rings (SSSR count). The Bertz CT molecular complexity index is 994. The zero-order chi connectivity index (χ0) is 23.3. The molecule has 0 aromatic carbocycles. The van der Waals surface area contributed by atoms with Crippen molar-refractivity contribution in [1.82, 2.24) is 19.9 Å². The summed E-state index contributed by atoms with van der Waals surface area (Å²) in [6.07, 6.45) is 17.0. The summed E-state index contributed by atoms with van der Waals surface area (Å²) in [6, 6.07) is 3.77. The van der Waals surface area contributed by atoms with Gasteiger partial charge in [0.2, 0.25) is 5.88 Å². The van der Waals surface area contributed by atoms with Gasteiger partial charge in [-0.2, -0.15) is 0 Å². The predicted octanol–water partition coefficient (Wildman–Crippen LogP) is 4.54. The predicted molar refractivity (Wildman–Crippen MR) is 129 cm³/mol. The second-order valence-corrected chi connectivity index (χ2v) is 10.2. The van der Waals surface area contributed by atoms with Crippen LogP contribution in [0.3, 0.4) is 0 Å². The fourth-order valence-electron chi connectivity index (χ4n) is 5.46. The summed E-state index contributed by atoms with van der Waals surface area (Å²) in [4.78, 5) is 27.5. The highest BCUT2D eigenvalue weighted by Crippen LogP contribution is 2.35. The van der Waals surface area contributed by atoms with E-state index >= 15 is 0 Å². The molecule has 3 heterocycles. The van der Waals surface area contributed by atoms with Crippen LogP contribution in [0.15, 0.2) is 24.7 Å². The van der Waals surface area contributed by atoms with Crippen LogP contribution < -0.4 is 4.74 Å². The summed E-state index contributed by atoms with van der Waals surface area (Å²) in [5.41, 5.74) is 4.61. The molecule has 7 nitrogen and oxygen atoms in total. The summed E-state index contributed by atoms with van der Waals surface area (Å²) in [5, 5.41) is 10.0. The average molecular weight is 465 g/mol. The van der Waals surface area contributed by atoms with E-state index < -0.39 is 12.0 Å². The van der Waals surface area contributed by atoms with Crippen LogP contribution in [0.2, 0.25) is 0 Å². The molecule has 7 heteroatoms. The number of carbonyl (C=O) groups is 1. The smallest absolute Gasteiger partial charge is 0.325 e. The Kier molecular flexibility index (Phi) is 7.38. The van der Waals surface area contributed by atoms with Crippen molar-refractivity contribution in [3.8, 4) is 5.88 Å². The second-order valence-electron chi connectivity index (χ2n) is 10.2. The monoisotopic (exact) mass is 464 g/mol. The summed E-state index contributed by atoms with van der Waals surface area (Å²) < 4.78 is 5.89. The number of aryl methyl sites for hydroxylation is 3. The van der Waals surface area contributed by atoms with Crippen LogP contribution in [0.5, 0.6) is 5.88 Å². The maximum atomic E-state index is 12.2. The zero-order valence-electron chi connectivity index (χ0n) is 20.0. The number of unbranched alkanes of at least 4 members (excludes halogenated alkanes) is 2. The molecular weight excluding hydrogens is 428 g/mol. The summed E-state index contributed by atoms with van der Waals surface area (Å²) in [7, 11) is 0. The van der Waals surface area contributed by atoms with Crippen molar-refractivity contribution in [2.24, 2.45) is 5.92 Å². The number of fused-ring (bicyclic) bond motifs is 1. The molecule has 2 aliphatic carbocycles. The van der Waals surface area contributed by atoms with E-state index in [0.29, 0.717) is 17.4 Å². The van der Waals surface area contributed by atoms with Gasteiger partial charge >= 0.3 is 5.97 Å². The van der Waals surface area contributed by atoms with E-state index in [1.807, 2.05) is 0 Å². The van der Waals surface area contributed by atoms with Crippen LogP contribution in [-0.4, -0.2) is 50.1 Å². The minimum Gasteiger partial charge on any atom is -0.480 e. The van der Waals surface area contributed by atoms with E-state index in [0.717, 1.165) is 51.6 Å². The van der Waals surface area contributed by atoms with Crippen molar-refractivity contribution in [3.63, 3.8) is 0 Å². The van der Waals surface area contributed by atoms with E-state index in [-0.39, 0.29) is 6.10 Å². The van der Waals surface area contributed by atoms with Crippen LogP contribution in [0.25, 0.3) is 0 Å². The molecule has 0 bridgehead atoms. The lowest BCUT2D eigenvalue weighted by atomic mass is 9.95. The number of hydrogen-bond donors (Lipinski definition) is 1. The standard InChI is InChI=1S/C27H36N4O3/c32-27(33)25(23-16-28-18-29-26(23)34-22-12-13-22)31-15-14-19(17-31)6-2-1-3-8-21-11-10-20-7-4-5-9-24(20)30-21/h10-11,16,18-19,22,25H,1-9,12-15,17H2,(H,32,33)/t19-,25?/m1/s1. The molecule has 2 aromatic heterocycles. The van der Waals surface area contributed by atoms with Crippen molar-refractivity contribution in [2.75, 3.05) is 13.1 Å². The SMILES string of the molecule is O=C(O)C(c1cncnc1OC1CC1)N1CC[C@@H](CCCCCc2ccc3c(n2)CCCC3)C1. The molecule has 1 aliphatic heterocycles. The molecule has 0 spiro atoms. The van der Waals surface area contributed by atoms with Crippen molar-refractivity contribution in [1.29, 1.82) is 0 Å². The minimum absolute atomic E-state index is 0.172. The molecule has 1 N–H and O–H groups in total. The molecule has 2 atom stereocenters. The Morgan fingerprint density at radius 2 is 2.03 bits per heavy atom. The third kappa shape index (κ3) is 5.74. The van der Waals surface area contributed by atoms with Gasteiger partial charge in [0, 0.05) is 24.1 Å². The van der Waals surface area contributed by atoms with E-state index in [4.69, 9.17) is 9.72 Å². The van der Waals surface area contributed by atoms with Crippen LogP contribution in [-0.2, 0) is 24.1 Å². The van der Waals surface area contributed by atoms with Crippen molar-refractivity contribution >= 4 is 5.97 Å². The molecule has 3 aliphatic rings. The lowest BCUT2D eigenvalue weighted by molar-refractivity contribution is -0.143. The number of nitrogens with zero attached hydrogens (tertiary/aromatic N) is 4. The molecule has 0 amide bonds. The Balaban J connectivity index is 1.08. The largest absolute Gasteiger partial charge is 0.480 e. The molecule has 182 valence electrons. The quantitative estimate of drug-likeness (QED) is 0.488. The molecule has 0 radical (unpaired) electrons. The van der Waals surface area contributed by atoms with E-state index in [9.17, 15) is 9.90 Å². The first-order valence-electron chi connectivity index (χ1n) is 13.1. The first-order valence-corrected chi connectivity index (χ1v) is 13.1. The van der Waals surface area contributed by atoms with Gasteiger partial charge in [-0.25, -0.2) is 9.97 Å². The maximum absolute atomic E-state index is 12.2. The van der Waals surface area contributed by atoms with Gasteiger partial charge in [0.05, 0.1) is 5.56 Å². The summed E-state index contributed by atoms with van der Waals surface area (Å²) >= 11 is 0. The van der Waals surface area contributed by atoms with Crippen molar-refractivity contribution < 1.29 is 14.6 Å². The molecule has 1 saturated carbocycles. The van der Waals surface area contributed by atoms with Crippen LogP contribution >= 0.6 is 0 Å².